The molecule has 5 heteroatoms. The van der Waals surface area contributed by atoms with Crippen molar-refractivity contribution in [3.8, 4) is 0 Å². The van der Waals surface area contributed by atoms with Crippen molar-refractivity contribution in [1.82, 2.24) is 15.5 Å². The number of hydrogen-bond acceptors (Lipinski definition) is 3. The summed E-state index contributed by atoms with van der Waals surface area (Å²) in [7, 11) is 0. The van der Waals surface area contributed by atoms with Gasteiger partial charge >= 0.3 is 0 Å². The van der Waals surface area contributed by atoms with Crippen molar-refractivity contribution < 1.29 is 4.79 Å². The molecule has 1 aromatic heterocycles. The Kier molecular flexibility index (Phi) is 5.15. The molecule has 0 fully saturated rings. The van der Waals surface area contributed by atoms with Gasteiger partial charge in [0.15, 0.2) is 0 Å². The van der Waals surface area contributed by atoms with Crippen LogP contribution in [0.5, 0.6) is 0 Å². The Labute approximate surface area is 102 Å². The summed E-state index contributed by atoms with van der Waals surface area (Å²) in [5.41, 5.74) is 8.03. The number of carbonyl (C=O) groups is 1. The van der Waals surface area contributed by atoms with Gasteiger partial charge in [-0.2, -0.15) is 5.10 Å². The van der Waals surface area contributed by atoms with Crippen LogP contribution < -0.4 is 11.1 Å². The fourth-order valence-corrected chi connectivity index (χ4v) is 1.54. The second kappa shape index (κ2) is 6.39. The van der Waals surface area contributed by atoms with Gasteiger partial charge in [-0.25, -0.2) is 0 Å². The van der Waals surface area contributed by atoms with Crippen LogP contribution in [-0.2, 0) is 11.2 Å². The van der Waals surface area contributed by atoms with Crippen LogP contribution in [0.3, 0.4) is 0 Å². The van der Waals surface area contributed by atoms with Crippen LogP contribution in [0.1, 0.15) is 31.5 Å². The third-order valence-corrected chi connectivity index (χ3v) is 2.88. The largest absolute Gasteiger partial charge is 0.355 e. The first-order valence-corrected chi connectivity index (χ1v) is 6.04. The first-order chi connectivity index (χ1) is 8.02. The highest BCUT2D eigenvalue weighted by Gasteiger charge is 2.16. The topological polar surface area (TPSA) is 83.8 Å². The molecule has 0 aliphatic rings. The molecule has 1 atom stereocenters. The zero-order chi connectivity index (χ0) is 12.8. The summed E-state index contributed by atoms with van der Waals surface area (Å²) in [6.45, 7) is 6.54. The van der Waals surface area contributed by atoms with Gasteiger partial charge in [0, 0.05) is 12.2 Å². The number of nitrogens with two attached hydrogens (primary N) is 1. The van der Waals surface area contributed by atoms with Crippen LogP contribution in [0.4, 0.5) is 0 Å². The fourth-order valence-electron chi connectivity index (χ4n) is 1.54. The molecule has 1 rings (SSSR count). The molecule has 5 nitrogen and oxygen atoms in total. The molecule has 0 saturated heterocycles. The Morgan fingerprint density at radius 1 is 1.59 bits per heavy atom. The lowest BCUT2D eigenvalue weighted by molar-refractivity contribution is -0.123. The number of aryl methyl sites for hydroxylation is 2. The monoisotopic (exact) mass is 238 g/mol. The molecule has 0 aliphatic heterocycles. The molecule has 0 aromatic carbocycles. The Bertz CT molecular complexity index is 359. The summed E-state index contributed by atoms with van der Waals surface area (Å²) in [6.07, 6.45) is 3.65. The molecule has 0 unspecified atom stereocenters. The van der Waals surface area contributed by atoms with Crippen molar-refractivity contribution in [3.05, 3.63) is 17.5 Å². The number of nitrogens with zero attached hydrogens (tertiary/aromatic N) is 1. The number of H-pyrrole nitrogens is 1. The Balaban J connectivity index is 2.21. The van der Waals surface area contributed by atoms with E-state index in [-0.39, 0.29) is 11.8 Å². The van der Waals surface area contributed by atoms with Gasteiger partial charge in [-0.3, -0.25) is 9.89 Å². The van der Waals surface area contributed by atoms with Crippen LogP contribution >= 0.6 is 0 Å². The molecule has 1 heterocycles. The molecular weight excluding hydrogens is 216 g/mol. The average molecular weight is 238 g/mol. The second-order valence-corrected chi connectivity index (χ2v) is 4.68. The maximum atomic E-state index is 11.6. The number of amides is 1. The number of aromatic nitrogens is 2. The van der Waals surface area contributed by atoms with E-state index in [1.165, 1.54) is 5.56 Å². The van der Waals surface area contributed by atoms with Crippen molar-refractivity contribution >= 4 is 5.91 Å². The molecule has 0 radical (unpaired) electrons. The first kappa shape index (κ1) is 13.7. The SMILES string of the molecule is Cc1[nH]ncc1CCCNC(=O)[C@@H](N)C(C)C. The lowest BCUT2D eigenvalue weighted by Crippen LogP contribution is -2.44. The van der Waals surface area contributed by atoms with E-state index in [0.29, 0.717) is 6.54 Å². The van der Waals surface area contributed by atoms with Gasteiger partial charge in [-0.15, -0.1) is 0 Å². The summed E-state index contributed by atoms with van der Waals surface area (Å²) >= 11 is 0. The van der Waals surface area contributed by atoms with E-state index in [0.717, 1.165) is 18.5 Å². The number of aromatic amines is 1. The van der Waals surface area contributed by atoms with Crippen LogP contribution in [0.15, 0.2) is 6.20 Å². The second-order valence-electron chi connectivity index (χ2n) is 4.68. The zero-order valence-electron chi connectivity index (χ0n) is 10.8. The van der Waals surface area contributed by atoms with E-state index < -0.39 is 6.04 Å². The highest BCUT2D eigenvalue weighted by molar-refractivity contribution is 5.81. The third-order valence-electron chi connectivity index (χ3n) is 2.88. The zero-order valence-corrected chi connectivity index (χ0v) is 10.8. The van der Waals surface area contributed by atoms with E-state index in [9.17, 15) is 4.79 Å². The molecule has 0 bridgehead atoms. The number of carbonyl (C=O) groups excluding carboxylic acids is 1. The van der Waals surface area contributed by atoms with Crippen LogP contribution in [-0.4, -0.2) is 28.7 Å². The molecule has 0 aliphatic carbocycles. The molecule has 4 N–H and O–H groups in total. The van der Waals surface area contributed by atoms with Crippen molar-refractivity contribution in [3.63, 3.8) is 0 Å². The molecule has 0 saturated carbocycles. The predicted octanol–water partition coefficient (Wildman–Crippen LogP) is 0.750. The van der Waals surface area contributed by atoms with Gasteiger partial charge in [-0.05, 0) is 31.2 Å². The van der Waals surface area contributed by atoms with Crippen LogP contribution in [0, 0.1) is 12.8 Å². The molecule has 1 aromatic rings. The summed E-state index contributed by atoms with van der Waals surface area (Å²) in [4.78, 5) is 11.6. The quantitative estimate of drug-likeness (QED) is 0.639. The number of hydrogen-bond donors (Lipinski definition) is 3. The molecular formula is C12H22N4O. The van der Waals surface area contributed by atoms with E-state index in [1.807, 2.05) is 27.0 Å². The van der Waals surface area contributed by atoms with Crippen molar-refractivity contribution in [1.29, 1.82) is 0 Å². The van der Waals surface area contributed by atoms with Gasteiger partial charge < -0.3 is 11.1 Å². The number of nitrogens with one attached hydrogen (secondary N) is 2. The minimum atomic E-state index is -0.411. The lowest BCUT2D eigenvalue weighted by Gasteiger charge is -2.15. The van der Waals surface area contributed by atoms with Crippen molar-refractivity contribution in [2.75, 3.05) is 6.54 Å². The number of rotatable bonds is 6. The maximum absolute atomic E-state index is 11.6. The van der Waals surface area contributed by atoms with Crippen molar-refractivity contribution in [2.45, 2.75) is 39.7 Å². The van der Waals surface area contributed by atoms with Gasteiger partial charge in [0.1, 0.15) is 0 Å². The van der Waals surface area contributed by atoms with E-state index in [2.05, 4.69) is 15.5 Å². The van der Waals surface area contributed by atoms with E-state index in [1.54, 1.807) is 0 Å². The Morgan fingerprint density at radius 3 is 2.82 bits per heavy atom. The third kappa shape index (κ3) is 4.19. The summed E-state index contributed by atoms with van der Waals surface area (Å²) < 4.78 is 0. The van der Waals surface area contributed by atoms with Gasteiger partial charge in [0.2, 0.25) is 5.91 Å². The van der Waals surface area contributed by atoms with Gasteiger partial charge in [-0.1, -0.05) is 13.8 Å². The predicted molar refractivity (Wildman–Crippen MR) is 67.5 cm³/mol. The maximum Gasteiger partial charge on any atom is 0.237 e. The molecule has 0 spiro atoms. The Morgan fingerprint density at radius 2 is 2.29 bits per heavy atom. The van der Waals surface area contributed by atoms with Crippen LogP contribution in [0.2, 0.25) is 0 Å². The fraction of sp³-hybridized carbons (Fsp3) is 0.667. The molecule has 1 amide bonds. The normalized spacial score (nSPS) is 12.8. The van der Waals surface area contributed by atoms with Crippen LogP contribution in [0.25, 0.3) is 0 Å². The summed E-state index contributed by atoms with van der Waals surface area (Å²) in [6, 6.07) is -0.411. The highest BCUT2D eigenvalue weighted by atomic mass is 16.2. The Hall–Kier alpha value is -1.36. The summed E-state index contributed by atoms with van der Waals surface area (Å²) in [5, 5.41) is 9.70. The average Bonchev–Trinajstić information content (AvgIpc) is 2.69. The van der Waals surface area contributed by atoms with E-state index in [4.69, 9.17) is 5.73 Å². The minimum absolute atomic E-state index is 0.0658. The molecule has 17 heavy (non-hydrogen) atoms. The van der Waals surface area contributed by atoms with Gasteiger partial charge in [0.25, 0.3) is 0 Å². The smallest absolute Gasteiger partial charge is 0.237 e. The van der Waals surface area contributed by atoms with E-state index >= 15 is 0 Å². The minimum Gasteiger partial charge on any atom is -0.355 e. The van der Waals surface area contributed by atoms with Crippen molar-refractivity contribution in [2.24, 2.45) is 11.7 Å². The van der Waals surface area contributed by atoms with Gasteiger partial charge in [0.05, 0.1) is 12.2 Å². The lowest BCUT2D eigenvalue weighted by atomic mass is 10.0. The highest BCUT2D eigenvalue weighted by Crippen LogP contribution is 2.05. The summed E-state index contributed by atoms with van der Waals surface area (Å²) in [5.74, 6) is 0.107. The standard InChI is InChI=1S/C12H22N4O/c1-8(2)11(13)12(17)14-6-4-5-10-7-15-16-9(10)3/h7-8,11H,4-6,13H2,1-3H3,(H,14,17)(H,15,16)/t11-/m0/s1. The molecule has 96 valence electrons. The first-order valence-electron chi connectivity index (χ1n) is 6.04.